The molecule has 0 spiro atoms. The number of hydrogen-bond donors (Lipinski definition) is 1. The first-order valence-corrected chi connectivity index (χ1v) is 6.84. The monoisotopic (exact) mass is 279 g/mol. The summed E-state index contributed by atoms with van der Waals surface area (Å²) in [5, 5.41) is 0. The molecule has 0 aromatic heterocycles. The molecule has 0 saturated carbocycles. The van der Waals surface area contributed by atoms with Crippen molar-refractivity contribution in [2.24, 2.45) is 5.73 Å². The van der Waals surface area contributed by atoms with Crippen LogP contribution in [0.3, 0.4) is 0 Å². The van der Waals surface area contributed by atoms with Crippen LogP contribution >= 0.6 is 11.8 Å². The van der Waals surface area contributed by atoms with Gasteiger partial charge in [-0.25, -0.2) is 8.78 Å². The van der Waals surface area contributed by atoms with Gasteiger partial charge in [0.05, 0.1) is 4.90 Å². The zero-order chi connectivity index (χ0) is 13.8. The van der Waals surface area contributed by atoms with Crippen molar-refractivity contribution in [3.8, 4) is 0 Å². The molecule has 19 heavy (non-hydrogen) atoms. The second-order valence-electron chi connectivity index (χ2n) is 4.34. The molecule has 4 heteroatoms. The molecular formula is C15H15F2NS. The van der Waals surface area contributed by atoms with Gasteiger partial charge < -0.3 is 5.73 Å². The molecule has 0 heterocycles. The minimum atomic E-state index is -0.533. The molecule has 0 amide bonds. The second kappa shape index (κ2) is 6.17. The molecule has 0 unspecified atom stereocenters. The lowest BCUT2D eigenvalue weighted by molar-refractivity contribution is 0.537. The topological polar surface area (TPSA) is 26.0 Å². The molecule has 1 nitrogen and oxygen atoms in total. The van der Waals surface area contributed by atoms with Gasteiger partial charge in [0.2, 0.25) is 0 Å². The molecule has 2 aromatic carbocycles. The van der Waals surface area contributed by atoms with Gasteiger partial charge in [-0.3, -0.25) is 0 Å². The fourth-order valence-corrected chi connectivity index (χ4v) is 2.57. The Kier molecular flexibility index (Phi) is 4.56. The summed E-state index contributed by atoms with van der Waals surface area (Å²) < 4.78 is 27.8. The quantitative estimate of drug-likeness (QED) is 0.917. The molecule has 0 fully saturated rings. The van der Waals surface area contributed by atoms with Crippen molar-refractivity contribution in [1.82, 2.24) is 0 Å². The van der Waals surface area contributed by atoms with Gasteiger partial charge in [0.1, 0.15) is 11.6 Å². The maximum Gasteiger partial charge on any atom is 0.140 e. The molecule has 0 bridgehead atoms. The van der Waals surface area contributed by atoms with Crippen molar-refractivity contribution < 1.29 is 8.78 Å². The molecule has 2 aromatic rings. The van der Waals surface area contributed by atoms with Crippen LogP contribution in [-0.4, -0.2) is 6.54 Å². The van der Waals surface area contributed by atoms with Gasteiger partial charge in [-0.15, -0.1) is 0 Å². The SMILES string of the molecule is Cc1ccc(Sc2c(F)cc(CCN)cc2F)cc1. The van der Waals surface area contributed by atoms with E-state index in [9.17, 15) is 8.78 Å². The summed E-state index contributed by atoms with van der Waals surface area (Å²) in [4.78, 5) is 0.847. The van der Waals surface area contributed by atoms with Crippen LogP contribution in [0.4, 0.5) is 8.78 Å². The molecule has 2 rings (SSSR count). The highest BCUT2D eigenvalue weighted by Gasteiger charge is 2.12. The first-order valence-electron chi connectivity index (χ1n) is 6.02. The molecule has 0 atom stereocenters. The summed E-state index contributed by atoms with van der Waals surface area (Å²) in [7, 11) is 0. The molecule has 0 aliphatic heterocycles. The summed E-state index contributed by atoms with van der Waals surface area (Å²) in [6.45, 7) is 2.35. The number of aryl methyl sites for hydroxylation is 1. The average molecular weight is 279 g/mol. The largest absolute Gasteiger partial charge is 0.330 e. The van der Waals surface area contributed by atoms with E-state index < -0.39 is 11.6 Å². The van der Waals surface area contributed by atoms with E-state index in [1.165, 1.54) is 12.1 Å². The molecule has 0 radical (unpaired) electrons. The smallest absolute Gasteiger partial charge is 0.140 e. The van der Waals surface area contributed by atoms with E-state index in [1.807, 2.05) is 31.2 Å². The highest BCUT2D eigenvalue weighted by atomic mass is 32.2. The Balaban J connectivity index is 2.27. The lowest BCUT2D eigenvalue weighted by Crippen LogP contribution is -2.04. The van der Waals surface area contributed by atoms with Crippen molar-refractivity contribution in [3.05, 3.63) is 59.2 Å². The van der Waals surface area contributed by atoms with E-state index in [0.29, 0.717) is 18.5 Å². The van der Waals surface area contributed by atoms with Crippen LogP contribution in [0.2, 0.25) is 0 Å². The van der Waals surface area contributed by atoms with Crippen LogP contribution < -0.4 is 5.73 Å². The number of hydrogen-bond acceptors (Lipinski definition) is 2. The number of nitrogens with two attached hydrogens (primary N) is 1. The normalized spacial score (nSPS) is 10.7. The fourth-order valence-electron chi connectivity index (χ4n) is 1.75. The van der Waals surface area contributed by atoms with E-state index >= 15 is 0 Å². The van der Waals surface area contributed by atoms with E-state index in [2.05, 4.69) is 0 Å². The first-order chi connectivity index (χ1) is 9.10. The van der Waals surface area contributed by atoms with Crippen LogP contribution in [0.5, 0.6) is 0 Å². The number of rotatable bonds is 4. The minimum absolute atomic E-state index is 0.0321. The molecule has 0 aliphatic carbocycles. The van der Waals surface area contributed by atoms with Crippen molar-refractivity contribution in [2.75, 3.05) is 6.54 Å². The van der Waals surface area contributed by atoms with Crippen LogP contribution in [-0.2, 0) is 6.42 Å². The van der Waals surface area contributed by atoms with Crippen molar-refractivity contribution in [2.45, 2.75) is 23.1 Å². The third-order valence-electron chi connectivity index (χ3n) is 2.73. The van der Waals surface area contributed by atoms with Gasteiger partial charge >= 0.3 is 0 Å². The van der Waals surface area contributed by atoms with Crippen LogP contribution in [0, 0.1) is 18.6 Å². The maximum absolute atomic E-state index is 13.9. The van der Waals surface area contributed by atoms with Gasteiger partial charge in [-0.2, -0.15) is 0 Å². The second-order valence-corrected chi connectivity index (χ2v) is 5.43. The zero-order valence-electron chi connectivity index (χ0n) is 10.6. The molecular weight excluding hydrogens is 264 g/mol. The van der Waals surface area contributed by atoms with Crippen molar-refractivity contribution >= 4 is 11.8 Å². The number of halogens is 2. The first kappa shape index (κ1) is 14.0. The van der Waals surface area contributed by atoms with Gasteiger partial charge in [-0.1, -0.05) is 29.5 Å². The molecule has 2 N–H and O–H groups in total. The van der Waals surface area contributed by atoms with Crippen LogP contribution in [0.15, 0.2) is 46.2 Å². The third-order valence-corrected chi connectivity index (χ3v) is 3.83. The summed E-state index contributed by atoms with van der Waals surface area (Å²) in [6.07, 6.45) is 0.476. The summed E-state index contributed by atoms with van der Waals surface area (Å²) in [6, 6.07) is 10.3. The van der Waals surface area contributed by atoms with E-state index in [0.717, 1.165) is 22.2 Å². The fraction of sp³-hybridized carbons (Fsp3) is 0.200. The average Bonchev–Trinajstić information content (AvgIpc) is 2.36. The van der Waals surface area contributed by atoms with Gasteiger partial charge in [0.25, 0.3) is 0 Å². The predicted octanol–water partition coefficient (Wildman–Crippen LogP) is 3.93. The minimum Gasteiger partial charge on any atom is -0.330 e. The zero-order valence-corrected chi connectivity index (χ0v) is 11.4. The lowest BCUT2D eigenvalue weighted by atomic mass is 10.1. The highest BCUT2D eigenvalue weighted by molar-refractivity contribution is 7.99. The van der Waals surface area contributed by atoms with E-state index in [1.54, 1.807) is 0 Å². The highest BCUT2D eigenvalue weighted by Crippen LogP contribution is 2.32. The summed E-state index contributed by atoms with van der Waals surface area (Å²) in [5.41, 5.74) is 7.09. The standard InChI is InChI=1S/C15H15F2NS/c1-10-2-4-12(5-3-10)19-15-13(16)8-11(6-7-18)9-14(15)17/h2-5,8-9H,6-7,18H2,1H3. The Labute approximate surface area is 115 Å². The Hall–Kier alpha value is -1.39. The molecule has 0 aliphatic rings. The van der Waals surface area contributed by atoms with Gasteiger partial charge in [-0.05, 0) is 49.7 Å². The van der Waals surface area contributed by atoms with Crippen molar-refractivity contribution in [1.29, 1.82) is 0 Å². The summed E-state index contributed by atoms with van der Waals surface area (Å²) in [5.74, 6) is -1.07. The third kappa shape index (κ3) is 3.55. The van der Waals surface area contributed by atoms with Crippen molar-refractivity contribution in [3.63, 3.8) is 0 Å². The Bertz CT molecular complexity index is 544. The summed E-state index contributed by atoms with van der Waals surface area (Å²) >= 11 is 1.10. The number of benzene rings is 2. The van der Waals surface area contributed by atoms with Crippen LogP contribution in [0.1, 0.15) is 11.1 Å². The van der Waals surface area contributed by atoms with Crippen LogP contribution in [0.25, 0.3) is 0 Å². The molecule has 0 saturated heterocycles. The predicted molar refractivity (Wildman–Crippen MR) is 74.4 cm³/mol. The lowest BCUT2D eigenvalue weighted by Gasteiger charge is -2.07. The Morgan fingerprint density at radius 3 is 2.16 bits per heavy atom. The van der Waals surface area contributed by atoms with E-state index in [4.69, 9.17) is 5.73 Å². The maximum atomic E-state index is 13.9. The Morgan fingerprint density at radius 1 is 1.05 bits per heavy atom. The van der Waals surface area contributed by atoms with Gasteiger partial charge in [0.15, 0.2) is 0 Å². The van der Waals surface area contributed by atoms with Gasteiger partial charge in [0, 0.05) is 4.90 Å². The Morgan fingerprint density at radius 2 is 1.63 bits per heavy atom. The van der Waals surface area contributed by atoms with E-state index in [-0.39, 0.29) is 4.90 Å². The molecule has 100 valence electrons.